The summed E-state index contributed by atoms with van der Waals surface area (Å²) in [6.07, 6.45) is 5.91. The molecule has 0 aliphatic rings. The summed E-state index contributed by atoms with van der Waals surface area (Å²) < 4.78 is 2.19. The Morgan fingerprint density at radius 3 is 2.48 bits per heavy atom. The van der Waals surface area contributed by atoms with E-state index in [-0.39, 0.29) is 17.0 Å². The van der Waals surface area contributed by atoms with Crippen molar-refractivity contribution >= 4 is 27.8 Å². The van der Waals surface area contributed by atoms with Gasteiger partial charge in [-0.15, -0.1) is 21.6 Å². The molecular formula is C18H20BrN5S. The van der Waals surface area contributed by atoms with Crippen LogP contribution in [-0.2, 0) is 6.54 Å². The molecule has 3 aromatic rings. The molecule has 2 heterocycles. The van der Waals surface area contributed by atoms with Gasteiger partial charge in [0.15, 0.2) is 18.9 Å². The number of aromatic nitrogens is 2. The predicted molar refractivity (Wildman–Crippen MR) is 97.3 cm³/mol. The number of likely N-dealkylation sites (N-methyl/N-ethyl adjacent to an activating group) is 1. The highest BCUT2D eigenvalue weighted by Gasteiger charge is 2.07. The third kappa shape index (κ3) is 5.72. The number of thiazole rings is 1. The summed E-state index contributed by atoms with van der Waals surface area (Å²) in [7, 11) is 0. The first-order valence-corrected chi connectivity index (χ1v) is 8.83. The fourth-order valence-electron chi connectivity index (χ4n) is 2.39. The van der Waals surface area contributed by atoms with E-state index < -0.39 is 0 Å². The number of halogens is 1. The average Bonchev–Trinajstić information content (AvgIpc) is 3.16. The lowest BCUT2D eigenvalue weighted by atomic mass is 10.2. The third-order valence-corrected chi connectivity index (χ3v) is 4.33. The summed E-state index contributed by atoms with van der Waals surface area (Å²) in [5.74, 6) is 0. The van der Waals surface area contributed by atoms with Gasteiger partial charge in [-0.1, -0.05) is 6.07 Å². The van der Waals surface area contributed by atoms with Crippen LogP contribution in [0.2, 0.25) is 0 Å². The highest BCUT2D eigenvalue weighted by Crippen LogP contribution is 2.23. The van der Waals surface area contributed by atoms with Crippen molar-refractivity contribution in [3.8, 4) is 0 Å². The van der Waals surface area contributed by atoms with Crippen LogP contribution in [-0.4, -0.2) is 18.1 Å². The minimum atomic E-state index is 0. The van der Waals surface area contributed by atoms with Crippen molar-refractivity contribution in [3.05, 3.63) is 66.4 Å². The van der Waals surface area contributed by atoms with Crippen LogP contribution in [0.1, 0.15) is 6.92 Å². The Balaban J connectivity index is 0.00000225. The third-order valence-electron chi connectivity index (χ3n) is 3.67. The highest BCUT2D eigenvalue weighted by molar-refractivity contribution is 7.13. The molecule has 130 valence electrons. The van der Waals surface area contributed by atoms with Crippen molar-refractivity contribution in [2.45, 2.75) is 13.5 Å². The smallest absolute Gasteiger partial charge is 0.229 e. The van der Waals surface area contributed by atoms with Crippen LogP contribution in [0.5, 0.6) is 0 Å². The van der Waals surface area contributed by atoms with E-state index in [9.17, 15) is 0 Å². The second-order valence-electron chi connectivity index (χ2n) is 5.22. The number of nitrogens with zero attached hydrogens (tertiary/aromatic N) is 5. The van der Waals surface area contributed by atoms with E-state index in [4.69, 9.17) is 0 Å². The maximum Gasteiger partial charge on any atom is 0.229 e. The second kappa shape index (κ2) is 10.0. The molecule has 0 bridgehead atoms. The number of hydrogen-bond acceptors (Lipinski definition) is 5. The first-order valence-electron chi connectivity index (χ1n) is 7.95. The van der Waals surface area contributed by atoms with Crippen molar-refractivity contribution < 1.29 is 21.5 Å². The lowest BCUT2D eigenvalue weighted by Gasteiger charge is -2.21. The summed E-state index contributed by atoms with van der Waals surface area (Å²) in [5.41, 5.74) is 2.03. The minimum Gasteiger partial charge on any atom is -1.00 e. The van der Waals surface area contributed by atoms with Crippen LogP contribution in [0.3, 0.4) is 0 Å². The molecule has 0 aliphatic carbocycles. The van der Waals surface area contributed by atoms with Crippen LogP contribution < -0.4 is 26.4 Å². The van der Waals surface area contributed by atoms with Gasteiger partial charge in [0.05, 0.1) is 12.2 Å². The standard InChI is InChI=1S/C18H20N5S.BrH/c1-2-23(14-13-22-11-4-3-5-12-22)17-8-6-16(7-9-17)20-21-18-19-10-15-24-18;/h3-12,15H,2,13-14H2,1H3;1H/q+1;/p-1/b21-20+;. The summed E-state index contributed by atoms with van der Waals surface area (Å²) in [6, 6.07) is 14.3. The summed E-state index contributed by atoms with van der Waals surface area (Å²) in [6.45, 7) is 5.06. The molecular weight excluding hydrogens is 398 g/mol. The van der Waals surface area contributed by atoms with Gasteiger partial charge in [-0.05, 0) is 31.2 Å². The number of hydrogen-bond donors (Lipinski definition) is 0. The van der Waals surface area contributed by atoms with Gasteiger partial charge in [0.1, 0.15) is 0 Å². The van der Waals surface area contributed by atoms with E-state index >= 15 is 0 Å². The molecule has 0 atom stereocenters. The van der Waals surface area contributed by atoms with Crippen LogP contribution in [0.25, 0.3) is 0 Å². The van der Waals surface area contributed by atoms with E-state index in [0.717, 1.165) is 25.3 Å². The van der Waals surface area contributed by atoms with Gasteiger partial charge in [-0.3, -0.25) is 0 Å². The molecule has 0 aliphatic heterocycles. The van der Waals surface area contributed by atoms with E-state index in [1.165, 1.54) is 17.0 Å². The Morgan fingerprint density at radius 1 is 1.08 bits per heavy atom. The lowest BCUT2D eigenvalue weighted by Crippen LogP contribution is -3.00. The van der Waals surface area contributed by atoms with Gasteiger partial charge in [-0.2, -0.15) is 0 Å². The van der Waals surface area contributed by atoms with Crippen LogP contribution in [0, 0.1) is 0 Å². The average molecular weight is 418 g/mol. The molecule has 5 nitrogen and oxygen atoms in total. The molecule has 25 heavy (non-hydrogen) atoms. The van der Waals surface area contributed by atoms with Crippen molar-refractivity contribution in [1.82, 2.24) is 4.98 Å². The molecule has 1 aromatic carbocycles. The highest BCUT2D eigenvalue weighted by atomic mass is 79.9. The Hall–Kier alpha value is -2.12. The van der Waals surface area contributed by atoms with E-state index in [0.29, 0.717) is 5.13 Å². The van der Waals surface area contributed by atoms with Gasteiger partial charge < -0.3 is 21.9 Å². The van der Waals surface area contributed by atoms with Crippen molar-refractivity contribution in [2.24, 2.45) is 10.2 Å². The number of azo groups is 1. The number of pyridine rings is 1. The van der Waals surface area contributed by atoms with Crippen molar-refractivity contribution in [1.29, 1.82) is 0 Å². The molecule has 0 saturated carbocycles. The van der Waals surface area contributed by atoms with E-state index in [1.54, 1.807) is 6.20 Å². The maximum absolute atomic E-state index is 4.22. The molecule has 0 radical (unpaired) electrons. The monoisotopic (exact) mass is 417 g/mol. The molecule has 0 saturated heterocycles. The Kier molecular flexibility index (Phi) is 7.69. The maximum atomic E-state index is 4.22. The quantitative estimate of drug-likeness (QED) is 0.430. The lowest BCUT2D eigenvalue weighted by molar-refractivity contribution is -0.694. The van der Waals surface area contributed by atoms with Gasteiger partial charge >= 0.3 is 0 Å². The second-order valence-corrected chi connectivity index (χ2v) is 6.10. The van der Waals surface area contributed by atoms with Gasteiger partial charge in [0.2, 0.25) is 5.13 Å². The molecule has 2 aromatic heterocycles. The molecule has 0 amide bonds. The zero-order valence-corrected chi connectivity index (χ0v) is 16.4. The Labute approximate surface area is 162 Å². The summed E-state index contributed by atoms with van der Waals surface area (Å²) in [4.78, 5) is 6.44. The first kappa shape index (κ1) is 19.2. The number of rotatable bonds is 7. The van der Waals surface area contributed by atoms with Gasteiger partial charge in [0, 0.05) is 35.9 Å². The van der Waals surface area contributed by atoms with Crippen molar-refractivity contribution in [3.63, 3.8) is 0 Å². The van der Waals surface area contributed by atoms with E-state index in [1.807, 2.05) is 23.6 Å². The first-order chi connectivity index (χ1) is 11.8. The SMILES string of the molecule is CCN(CC[n+]1ccccc1)c1ccc(/N=N/c2nccs2)cc1.[Br-]. The van der Waals surface area contributed by atoms with Crippen LogP contribution in [0.15, 0.2) is 76.7 Å². The zero-order chi connectivity index (χ0) is 16.6. The molecule has 3 rings (SSSR count). The van der Waals surface area contributed by atoms with Crippen LogP contribution >= 0.6 is 11.3 Å². The van der Waals surface area contributed by atoms with Crippen molar-refractivity contribution in [2.75, 3.05) is 18.0 Å². The number of benzene rings is 1. The molecule has 0 N–H and O–H groups in total. The summed E-state index contributed by atoms with van der Waals surface area (Å²) in [5, 5.41) is 10.9. The predicted octanol–water partition coefficient (Wildman–Crippen LogP) is 1.38. The van der Waals surface area contributed by atoms with E-state index in [2.05, 4.69) is 68.3 Å². The molecule has 0 fully saturated rings. The Morgan fingerprint density at radius 2 is 1.84 bits per heavy atom. The fraction of sp³-hybridized carbons (Fsp3) is 0.222. The fourth-order valence-corrected chi connectivity index (χ4v) is 2.84. The largest absolute Gasteiger partial charge is 1.00 e. The molecule has 0 spiro atoms. The summed E-state index contributed by atoms with van der Waals surface area (Å²) >= 11 is 1.48. The molecule has 0 unspecified atom stereocenters. The molecule has 7 heteroatoms. The Bertz CT molecular complexity index is 760. The number of anilines is 1. The van der Waals surface area contributed by atoms with Crippen LogP contribution in [0.4, 0.5) is 16.5 Å². The topological polar surface area (TPSA) is 44.7 Å². The van der Waals surface area contributed by atoms with Gasteiger partial charge in [-0.25, -0.2) is 9.55 Å². The zero-order valence-electron chi connectivity index (χ0n) is 14.0. The minimum absolute atomic E-state index is 0. The normalized spacial score (nSPS) is 10.6. The van der Waals surface area contributed by atoms with Gasteiger partial charge in [0.25, 0.3) is 0 Å².